The molecular formula is C18H27N3O. The van der Waals surface area contributed by atoms with Gasteiger partial charge in [0.1, 0.15) is 5.82 Å². The zero-order chi connectivity index (χ0) is 15.4. The molecule has 1 aliphatic carbocycles. The molecule has 0 spiro atoms. The average Bonchev–Trinajstić information content (AvgIpc) is 3.10. The molecule has 2 aliphatic rings. The molecule has 0 atom stereocenters. The third-order valence-electron chi connectivity index (χ3n) is 5.20. The van der Waals surface area contributed by atoms with E-state index in [1.165, 1.54) is 32.1 Å². The van der Waals surface area contributed by atoms with Crippen LogP contribution in [-0.4, -0.2) is 30.0 Å². The molecule has 4 heteroatoms. The Kier molecular flexibility index (Phi) is 4.96. The van der Waals surface area contributed by atoms with Gasteiger partial charge in [-0.05, 0) is 56.6 Å². The van der Waals surface area contributed by atoms with Crippen molar-refractivity contribution in [1.82, 2.24) is 10.3 Å². The standard InChI is InChI=1S/C18H27N3O/c1-2-14-7-9-15(10-8-14)20-18(22)16-6-5-11-19-17(16)21-12-3-4-13-21/h5-6,11,14-15H,2-4,7-10,12-13H2,1H3,(H,20,22). The number of carbonyl (C=O) groups excluding carboxylic acids is 1. The van der Waals surface area contributed by atoms with Crippen LogP contribution in [0.5, 0.6) is 0 Å². The molecule has 2 heterocycles. The van der Waals surface area contributed by atoms with Crippen LogP contribution in [0.25, 0.3) is 0 Å². The largest absolute Gasteiger partial charge is 0.356 e. The van der Waals surface area contributed by atoms with E-state index in [4.69, 9.17) is 0 Å². The highest BCUT2D eigenvalue weighted by Gasteiger charge is 2.24. The number of hydrogen-bond acceptors (Lipinski definition) is 3. The molecule has 0 bridgehead atoms. The summed E-state index contributed by atoms with van der Waals surface area (Å²) in [6.07, 6.45) is 10.2. The molecule has 2 fully saturated rings. The van der Waals surface area contributed by atoms with Crippen LogP contribution < -0.4 is 10.2 Å². The molecular weight excluding hydrogens is 274 g/mol. The van der Waals surface area contributed by atoms with Crippen molar-refractivity contribution in [2.75, 3.05) is 18.0 Å². The minimum Gasteiger partial charge on any atom is -0.356 e. The Morgan fingerprint density at radius 3 is 2.68 bits per heavy atom. The van der Waals surface area contributed by atoms with Crippen molar-refractivity contribution in [3.05, 3.63) is 23.9 Å². The van der Waals surface area contributed by atoms with Gasteiger partial charge in [0.05, 0.1) is 5.56 Å². The van der Waals surface area contributed by atoms with Crippen molar-refractivity contribution in [2.24, 2.45) is 5.92 Å². The zero-order valence-electron chi connectivity index (χ0n) is 13.6. The third-order valence-corrected chi connectivity index (χ3v) is 5.20. The fraction of sp³-hybridized carbons (Fsp3) is 0.667. The molecule has 3 rings (SSSR count). The van der Waals surface area contributed by atoms with Crippen molar-refractivity contribution in [3.8, 4) is 0 Å². The van der Waals surface area contributed by atoms with E-state index in [1.807, 2.05) is 12.1 Å². The van der Waals surface area contributed by atoms with Gasteiger partial charge < -0.3 is 10.2 Å². The summed E-state index contributed by atoms with van der Waals surface area (Å²) in [5.41, 5.74) is 0.738. The summed E-state index contributed by atoms with van der Waals surface area (Å²) in [7, 11) is 0. The van der Waals surface area contributed by atoms with E-state index in [9.17, 15) is 4.79 Å². The van der Waals surface area contributed by atoms with Crippen molar-refractivity contribution in [2.45, 2.75) is 57.9 Å². The maximum absolute atomic E-state index is 12.7. The first-order valence-corrected chi connectivity index (χ1v) is 8.78. The second kappa shape index (κ2) is 7.12. The molecule has 1 amide bonds. The lowest BCUT2D eigenvalue weighted by Crippen LogP contribution is -2.38. The van der Waals surface area contributed by atoms with Gasteiger partial charge in [-0.25, -0.2) is 4.98 Å². The molecule has 1 N–H and O–H groups in total. The van der Waals surface area contributed by atoms with Crippen LogP contribution in [0.15, 0.2) is 18.3 Å². The van der Waals surface area contributed by atoms with Crippen LogP contribution in [0.2, 0.25) is 0 Å². The normalized spacial score (nSPS) is 25.2. The summed E-state index contributed by atoms with van der Waals surface area (Å²) in [6.45, 7) is 4.29. The first kappa shape index (κ1) is 15.3. The van der Waals surface area contributed by atoms with Crippen LogP contribution in [0.4, 0.5) is 5.82 Å². The maximum Gasteiger partial charge on any atom is 0.255 e. The molecule has 1 saturated heterocycles. The van der Waals surface area contributed by atoms with Gasteiger partial charge in [0, 0.05) is 25.3 Å². The fourth-order valence-corrected chi connectivity index (χ4v) is 3.73. The van der Waals surface area contributed by atoms with Gasteiger partial charge in [-0.3, -0.25) is 4.79 Å². The minimum atomic E-state index is 0.0509. The number of nitrogens with one attached hydrogen (secondary N) is 1. The second-order valence-corrected chi connectivity index (χ2v) is 6.67. The Morgan fingerprint density at radius 2 is 2.00 bits per heavy atom. The molecule has 1 aliphatic heterocycles. The summed E-state index contributed by atoms with van der Waals surface area (Å²) in [5, 5.41) is 3.24. The predicted octanol–water partition coefficient (Wildman–Crippen LogP) is 3.38. The maximum atomic E-state index is 12.7. The van der Waals surface area contributed by atoms with E-state index in [0.29, 0.717) is 6.04 Å². The first-order chi connectivity index (χ1) is 10.8. The van der Waals surface area contributed by atoms with E-state index in [-0.39, 0.29) is 5.91 Å². The number of pyridine rings is 1. The molecule has 120 valence electrons. The molecule has 4 nitrogen and oxygen atoms in total. The Morgan fingerprint density at radius 1 is 1.27 bits per heavy atom. The molecule has 1 saturated carbocycles. The van der Waals surface area contributed by atoms with Gasteiger partial charge in [0.15, 0.2) is 0 Å². The average molecular weight is 301 g/mol. The fourth-order valence-electron chi connectivity index (χ4n) is 3.73. The second-order valence-electron chi connectivity index (χ2n) is 6.67. The number of carbonyl (C=O) groups is 1. The highest BCUT2D eigenvalue weighted by atomic mass is 16.1. The van der Waals surface area contributed by atoms with E-state index in [2.05, 4.69) is 22.1 Å². The van der Waals surface area contributed by atoms with Gasteiger partial charge in [-0.2, -0.15) is 0 Å². The van der Waals surface area contributed by atoms with E-state index in [0.717, 1.165) is 43.2 Å². The third kappa shape index (κ3) is 3.42. The number of amides is 1. The summed E-state index contributed by atoms with van der Waals surface area (Å²) in [5.74, 6) is 1.77. The Labute approximate surface area is 133 Å². The van der Waals surface area contributed by atoms with E-state index < -0.39 is 0 Å². The van der Waals surface area contributed by atoms with Gasteiger partial charge in [0.2, 0.25) is 0 Å². The van der Waals surface area contributed by atoms with Crippen molar-refractivity contribution in [1.29, 1.82) is 0 Å². The van der Waals surface area contributed by atoms with Gasteiger partial charge in [-0.1, -0.05) is 13.3 Å². The molecule has 0 radical (unpaired) electrons. The number of anilines is 1. The van der Waals surface area contributed by atoms with Crippen LogP contribution in [-0.2, 0) is 0 Å². The van der Waals surface area contributed by atoms with Gasteiger partial charge in [-0.15, -0.1) is 0 Å². The molecule has 1 aromatic heterocycles. The van der Waals surface area contributed by atoms with Crippen molar-refractivity contribution >= 4 is 11.7 Å². The number of rotatable bonds is 4. The molecule has 1 aromatic rings. The first-order valence-electron chi connectivity index (χ1n) is 8.78. The summed E-state index contributed by atoms with van der Waals surface area (Å²) < 4.78 is 0. The smallest absolute Gasteiger partial charge is 0.255 e. The van der Waals surface area contributed by atoms with E-state index in [1.54, 1.807) is 6.20 Å². The Balaban J connectivity index is 1.65. The van der Waals surface area contributed by atoms with Crippen LogP contribution >= 0.6 is 0 Å². The van der Waals surface area contributed by atoms with Crippen molar-refractivity contribution < 1.29 is 4.79 Å². The Bertz CT molecular complexity index is 503. The van der Waals surface area contributed by atoms with Gasteiger partial charge in [0.25, 0.3) is 5.91 Å². The zero-order valence-corrected chi connectivity index (χ0v) is 13.6. The molecule has 0 aromatic carbocycles. The lowest BCUT2D eigenvalue weighted by atomic mass is 9.84. The predicted molar refractivity (Wildman–Crippen MR) is 89.2 cm³/mol. The van der Waals surface area contributed by atoms with Crippen LogP contribution in [0, 0.1) is 5.92 Å². The van der Waals surface area contributed by atoms with Crippen LogP contribution in [0.3, 0.4) is 0 Å². The Hall–Kier alpha value is -1.58. The minimum absolute atomic E-state index is 0.0509. The SMILES string of the molecule is CCC1CCC(NC(=O)c2cccnc2N2CCCC2)CC1. The van der Waals surface area contributed by atoms with E-state index >= 15 is 0 Å². The topological polar surface area (TPSA) is 45.2 Å². The molecule has 22 heavy (non-hydrogen) atoms. The summed E-state index contributed by atoms with van der Waals surface area (Å²) >= 11 is 0. The summed E-state index contributed by atoms with van der Waals surface area (Å²) in [6, 6.07) is 4.11. The number of nitrogens with zero attached hydrogens (tertiary/aromatic N) is 2. The highest BCUT2D eigenvalue weighted by molar-refractivity contribution is 5.99. The van der Waals surface area contributed by atoms with Crippen molar-refractivity contribution in [3.63, 3.8) is 0 Å². The molecule has 0 unspecified atom stereocenters. The van der Waals surface area contributed by atoms with Crippen LogP contribution in [0.1, 0.15) is 62.2 Å². The number of hydrogen-bond donors (Lipinski definition) is 1. The lowest BCUT2D eigenvalue weighted by molar-refractivity contribution is 0.0922. The summed E-state index contributed by atoms with van der Waals surface area (Å²) in [4.78, 5) is 19.4. The monoisotopic (exact) mass is 301 g/mol. The lowest BCUT2D eigenvalue weighted by Gasteiger charge is -2.29. The highest BCUT2D eigenvalue weighted by Crippen LogP contribution is 2.27. The van der Waals surface area contributed by atoms with Gasteiger partial charge >= 0.3 is 0 Å². The quantitative estimate of drug-likeness (QED) is 0.927. The number of aromatic nitrogens is 1.